The van der Waals surface area contributed by atoms with Crippen molar-refractivity contribution in [1.82, 2.24) is 0 Å². The third-order valence-electron chi connectivity index (χ3n) is 1.61. The van der Waals surface area contributed by atoms with Gasteiger partial charge in [0.2, 0.25) is 0 Å². The summed E-state index contributed by atoms with van der Waals surface area (Å²) in [6, 6.07) is 5.25. The number of hydrogen-bond donors (Lipinski definition) is 0. The van der Waals surface area contributed by atoms with Crippen LogP contribution in [-0.4, -0.2) is 0 Å². The molecule has 0 saturated carbocycles. The van der Waals surface area contributed by atoms with Gasteiger partial charge in [-0.15, -0.1) is 0 Å². The lowest BCUT2D eigenvalue weighted by molar-refractivity contribution is 0.618. The van der Waals surface area contributed by atoms with E-state index in [0.717, 1.165) is 0 Å². The van der Waals surface area contributed by atoms with Crippen LogP contribution in [0.1, 0.15) is 25.3 Å². The Hall–Kier alpha value is -0.120. The maximum atomic E-state index is 12.8. The zero-order valence-corrected chi connectivity index (χ0v) is 8.72. The molecule has 0 unspecified atom stereocenters. The van der Waals surface area contributed by atoms with Gasteiger partial charge in [-0.1, -0.05) is 19.9 Å². The van der Waals surface area contributed by atoms with Crippen molar-refractivity contribution in [1.29, 1.82) is 0 Å². The van der Waals surface area contributed by atoms with Gasteiger partial charge in [-0.3, -0.25) is 0 Å². The van der Waals surface area contributed by atoms with Crippen molar-refractivity contribution in [2.24, 2.45) is 0 Å². The normalized spacial score (nSPS) is 10.6. The Kier molecular flexibility index (Phi) is 2.87. The van der Waals surface area contributed by atoms with E-state index in [9.17, 15) is 4.39 Å². The third kappa shape index (κ3) is 2.15. The highest BCUT2D eigenvalue weighted by Crippen LogP contribution is 2.18. The summed E-state index contributed by atoms with van der Waals surface area (Å²) in [6.07, 6.45) is 0. The predicted octanol–water partition coefficient (Wildman–Crippen LogP) is 3.55. The fraction of sp³-hybridized carbons (Fsp3) is 0.333. The number of hydrogen-bond acceptors (Lipinski definition) is 0. The maximum Gasteiger partial charge on any atom is 0.136 e. The molecule has 0 aliphatic rings. The van der Waals surface area contributed by atoms with E-state index >= 15 is 0 Å². The second-order valence-electron chi connectivity index (χ2n) is 2.83. The van der Waals surface area contributed by atoms with Gasteiger partial charge in [0, 0.05) is 3.57 Å². The van der Waals surface area contributed by atoms with E-state index in [1.54, 1.807) is 0 Å². The first-order valence-corrected chi connectivity index (χ1v) is 4.64. The lowest BCUT2D eigenvalue weighted by Gasteiger charge is -2.05. The van der Waals surface area contributed by atoms with Crippen molar-refractivity contribution in [3.8, 4) is 0 Å². The van der Waals surface area contributed by atoms with Gasteiger partial charge >= 0.3 is 0 Å². The van der Waals surface area contributed by atoms with Crippen LogP contribution in [0.2, 0.25) is 0 Å². The highest BCUT2D eigenvalue weighted by molar-refractivity contribution is 14.1. The topological polar surface area (TPSA) is 0 Å². The second kappa shape index (κ2) is 3.52. The van der Waals surface area contributed by atoms with E-state index in [1.807, 2.05) is 34.7 Å². The lowest BCUT2D eigenvalue weighted by atomic mass is 10.0. The fourth-order valence-electron chi connectivity index (χ4n) is 0.871. The molecule has 0 aromatic heterocycles. The molecule has 0 spiro atoms. The minimum atomic E-state index is -0.130. The van der Waals surface area contributed by atoms with Crippen molar-refractivity contribution in [3.05, 3.63) is 33.1 Å². The number of rotatable bonds is 1. The summed E-state index contributed by atoms with van der Waals surface area (Å²) in [6.45, 7) is 4.20. The third-order valence-corrected chi connectivity index (χ3v) is 2.44. The van der Waals surface area contributed by atoms with Crippen LogP contribution in [0.3, 0.4) is 0 Å². The smallest absolute Gasteiger partial charge is 0.136 e. The van der Waals surface area contributed by atoms with Crippen LogP contribution < -0.4 is 0 Å². The average Bonchev–Trinajstić information content (AvgIpc) is 1.94. The molecule has 0 saturated heterocycles. The minimum Gasteiger partial charge on any atom is -0.206 e. The zero-order valence-electron chi connectivity index (χ0n) is 6.57. The molecule has 1 aromatic carbocycles. The Morgan fingerprint density at radius 1 is 1.36 bits per heavy atom. The van der Waals surface area contributed by atoms with Gasteiger partial charge in [-0.05, 0) is 46.2 Å². The lowest BCUT2D eigenvalue weighted by Crippen LogP contribution is -1.89. The Bertz CT molecular complexity index is 256. The van der Waals surface area contributed by atoms with Gasteiger partial charge in [-0.25, -0.2) is 4.39 Å². The highest BCUT2D eigenvalue weighted by atomic mass is 127. The molecule has 11 heavy (non-hydrogen) atoms. The van der Waals surface area contributed by atoms with E-state index in [2.05, 4.69) is 13.8 Å². The molecule has 0 nitrogen and oxygen atoms in total. The monoisotopic (exact) mass is 264 g/mol. The Balaban J connectivity index is 3.05. The molecule has 0 N–H and O–H groups in total. The average molecular weight is 264 g/mol. The zero-order chi connectivity index (χ0) is 8.43. The summed E-state index contributed by atoms with van der Waals surface area (Å²) in [5.74, 6) is 0.346. The molecule has 0 heterocycles. The van der Waals surface area contributed by atoms with Crippen LogP contribution in [0.4, 0.5) is 4.39 Å². The first-order chi connectivity index (χ1) is 5.11. The molecule has 0 radical (unpaired) electrons. The van der Waals surface area contributed by atoms with E-state index in [1.165, 1.54) is 11.6 Å². The van der Waals surface area contributed by atoms with Gasteiger partial charge in [0.1, 0.15) is 5.82 Å². The van der Waals surface area contributed by atoms with Crippen molar-refractivity contribution >= 4 is 22.6 Å². The molecule has 0 fully saturated rings. The van der Waals surface area contributed by atoms with Gasteiger partial charge < -0.3 is 0 Å². The van der Waals surface area contributed by atoms with Crippen molar-refractivity contribution in [3.63, 3.8) is 0 Å². The number of halogens is 2. The number of benzene rings is 1. The Morgan fingerprint density at radius 2 is 2.00 bits per heavy atom. The molecule has 0 amide bonds. The Morgan fingerprint density at radius 3 is 2.45 bits per heavy atom. The molecule has 1 rings (SSSR count). The SMILES string of the molecule is CC(C)c1ccc(F)c(I)c1. The van der Waals surface area contributed by atoms with E-state index in [-0.39, 0.29) is 5.82 Å². The van der Waals surface area contributed by atoms with Crippen LogP contribution in [0, 0.1) is 9.39 Å². The first kappa shape index (κ1) is 8.97. The van der Waals surface area contributed by atoms with Crippen molar-refractivity contribution < 1.29 is 4.39 Å². The van der Waals surface area contributed by atoms with Crippen LogP contribution >= 0.6 is 22.6 Å². The van der Waals surface area contributed by atoms with Crippen molar-refractivity contribution in [2.45, 2.75) is 19.8 Å². The first-order valence-electron chi connectivity index (χ1n) is 3.56. The largest absolute Gasteiger partial charge is 0.206 e. The molecular weight excluding hydrogens is 254 g/mol. The predicted molar refractivity (Wildman–Crippen MR) is 53.2 cm³/mol. The van der Waals surface area contributed by atoms with Crippen molar-refractivity contribution in [2.75, 3.05) is 0 Å². The van der Waals surface area contributed by atoms with Gasteiger partial charge in [0.25, 0.3) is 0 Å². The summed E-state index contributed by atoms with van der Waals surface area (Å²) < 4.78 is 13.5. The Labute approximate surface area is 80.0 Å². The summed E-state index contributed by atoms with van der Waals surface area (Å²) >= 11 is 2.01. The van der Waals surface area contributed by atoms with Gasteiger partial charge in [0.05, 0.1) is 0 Å². The molecule has 0 bridgehead atoms. The fourth-order valence-corrected chi connectivity index (χ4v) is 1.41. The standard InChI is InChI=1S/C9H10FI/c1-6(2)7-3-4-8(10)9(11)5-7/h3-6H,1-2H3. The molecular formula is C9H10FI. The molecule has 0 aliphatic heterocycles. The molecule has 60 valence electrons. The molecule has 2 heteroatoms. The second-order valence-corrected chi connectivity index (χ2v) is 3.99. The van der Waals surface area contributed by atoms with E-state index < -0.39 is 0 Å². The van der Waals surface area contributed by atoms with Crippen LogP contribution in [0.5, 0.6) is 0 Å². The van der Waals surface area contributed by atoms with E-state index in [4.69, 9.17) is 0 Å². The van der Waals surface area contributed by atoms with E-state index in [0.29, 0.717) is 9.49 Å². The summed E-state index contributed by atoms with van der Waals surface area (Å²) in [5.41, 5.74) is 1.19. The van der Waals surface area contributed by atoms with Crippen LogP contribution in [-0.2, 0) is 0 Å². The maximum absolute atomic E-state index is 12.8. The minimum absolute atomic E-state index is 0.130. The van der Waals surface area contributed by atoms with Gasteiger partial charge in [-0.2, -0.15) is 0 Å². The molecule has 1 aromatic rings. The summed E-state index contributed by atoms with van der Waals surface area (Å²) in [5, 5.41) is 0. The summed E-state index contributed by atoms with van der Waals surface area (Å²) in [7, 11) is 0. The quantitative estimate of drug-likeness (QED) is 0.680. The van der Waals surface area contributed by atoms with Crippen LogP contribution in [0.25, 0.3) is 0 Å². The highest BCUT2D eigenvalue weighted by Gasteiger charge is 2.02. The molecule has 0 atom stereocenters. The molecule has 0 aliphatic carbocycles. The summed E-state index contributed by atoms with van der Waals surface area (Å²) in [4.78, 5) is 0. The van der Waals surface area contributed by atoms with Crippen LogP contribution in [0.15, 0.2) is 18.2 Å². The van der Waals surface area contributed by atoms with Gasteiger partial charge in [0.15, 0.2) is 0 Å².